The van der Waals surface area contributed by atoms with E-state index in [0.29, 0.717) is 17.4 Å². The van der Waals surface area contributed by atoms with Gasteiger partial charge in [0, 0.05) is 31.1 Å². The number of nitrogens with zero attached hydrogens (tertiary/aromatic N) is 4. The van der Waals surface area contributed by atoms with E-state index in [0.717, 1.165) is 43.6 Å². The molecule has 0 bridgehead atoms. The van der Waals surface area contributed by atoms with Gasteiger partial charge in [0.25, 0.3) is 0 Å². The van der Waals surface area contributed by atoms with E-state index in [9.17, 15) is 0 Å². The zero-order valence-electron chi connectivity index (χ0n) is 15.2. The molecule has 2 aliphatic rings. The third kappa shape index (κ3) is 3.04. The summed E-state index contributed by atoms with van der Waals surface area (Å²) in [6.45, 7) is 2.15. The lowest BCUT2D eigenvalue weighted by Crippen LogP contribution is -2.50. The van der Waals surface area contributed by atoms with Crippen molar-refractivity contribution in [3.63, 3.8) is 0 Å². The summed E-state index contributed by atoms with van der Waals surface area (Å²) in [4.78, 5) is 8.77. The molecule has 0 radical (unpaired) electrons. The van der Waals surface area contributed by atoms with Crippen molar-refractivity contribution in [3.05, 3.63) is 29.1 Å². The average Bonchev–Trinajstić information content (AvgIpc) is 2.67. The Bertz CT molecular complexity index is 850. The van der Waals surface area contributed by atoms with Crippen molar-refractivity contribution in [2.45, 2.75) is 57.1 Å². The van der Waals surface area contributed by atoms with Crippen molar-refractivity contribution >= 4 is 5.82 Å². The molecule has 0 aliphatic heterocycles. The predicted octanol–water partition coefficient (Wildman–Crippen LogP) is 2.77. The molecule has 0 amide bonds. The number of aromatic nitrogens is 4. The highest BCUT2D eigenvalue weighted by Gasteiger charge is 2.41. The van der Waals surface area contributed by atoms with Crippen LogP contribution < -0.4 is 5.32 Å². The lowest BCUT2D eigenvalue weighted by atomic mass is 9.77. The van der Waals surface area contributed by atoms with Gasteiger partial charge in [-0.3, -0.25) is 0 Å². The first-order valence-electron chi connectivity index (χ1n) is 9.11. The van der Waals surface area contributed by atoms with Crippen molar-refractivity contribution in [3.8, 4) is 23.9 Å². The summed E-state index contributed by atoms with van der Waals surface area (Å²) >= 11 is 0. The van der Waals surface area contributed by atoms with E-state index >= 15 is 0 Å². The second-order valence-electron chi connectivity index (χ2n) is 7.40. The van der Waals surface area contributed by atoms with Crippen LogP contribution in [0.4, 0.5) is 5.82 Å². The van der Waals surface area contributed by atoms with Gasteiger partial charge in [-0.05, 0) is 51.0 Å². The second-order valence-corrected chi connectivity index (χ2v) is 7.40. The summed E-state index contributed by atoms with van der Waals surface area (Å²) in [6.07, 6.45) is 15.0. The first-order chi connectivity index (χ1) is 12.6. The second kappa shape index (κ2) is 6.65. The lowest BCUT2D eigenvalue weighted by Gasteiger charge is -2.44. The van der Waals surface area contributed by atoms with Crippen LogP contribution >= 0.6 is 0 Å². The van der Waals surface area contributed by atoms with Gasteiger partial charge in [0.15, 0.2) is 11.6 Å². The van der Waals surface area contributed by atoms with Crippen LogP contribution in [0.1, 0.15) is 49.3 Å². The van der Waals surface area contributed by atoms with Gasteiger partial charge in [-0.1, -0.05) is 5.92 Å². The van der Waals surface area contributed by atoms with Crippen molar-refractivity contribution in [1.29, 1.82) is 0 Å². The predicted molar refractivity (Wildman–Crippen MR) is 99.7 cm³/mol. The Hall–Kier alpha value is -2.52. The Labute approximate surface area is 153 Å². The molecule has 6 heteroatoms. The maximum Gasteiger partial charge on any atom is 0.180 e. The van der Waals surface area contributed by atoms with E-state index in [4.69, 9.17) is 11.2 Å². The molecule has 134 valence electrons. The van der Waals surface area contributed by atoms with Crippen LogP contribution in [-0.4, -0.2) is 38.9 Å². The van der Waals surface area contributed by atoms with Crippen molar-refractivity contribution in [2.75, 3.05) is 12.4 Å². The average molecular weight is 349 g/mol. The molecule has 4 rings (SSSR count). The molecule has 1 saturated carbocycles. The number of hydrogen-bond acceptors (Lipinski definition) is 6. The van der Waals surface area contributed by atoms with Gasteiger partial charge in [-0.25, -0.2) is 9.97 Å². The van der Waals surface area contributed by atoms with Crippen molar-refractivity contribution in [1.82, 2.24) is 20.2 Å². The Morgan fingerprint density at radius 2 is 1.85 bits per heavy atom. The molecule has 6 nitrogen and oxygen atoms in total. The Kier molecular flexibility index (Phi) is 4.33. The SMILES string of the molecule is C#Cc1cnc(-c2nnc(NC3CC(C)(OC)C3)c3c2CCCC3)nc1. The summed E-state index contributed by atoms with van der Waals surface area (Å²) in [7, 11) is 1.78. The van der Waals surface area contributed by atoms with Gasteiger partial charge in [0.1, 0.15) is 5.69 Å². The third-order valence-corrected chi connectivity index (χ3v) is 5.51. The minimum atomic E-state index is -0.0162. The topological polar surface area (TPSA) is 72.8 Å². The van der Waals surface area contributed by atoms with Gasteiger partial charge in [-0.15, -0.1) is 16.6 Å². The molecular weight excluding hydrogens is 326 g/mol. The van der Waals surface area contributed by atoms with Crippen LogP contribution in [0.5, 0.6) is 0 Å². The lowest BCUT2D eigenvalue weighted by molar-refractivity contribution is -0.0625. The van der Waals surface area contributed by atoms with E-state index < -0.39 is 0 Å². The van der Waals surface area contributed by atoms with Crippen LogP contribution in [0.15, 0.2) is 12.4 Å². The highest BCUT2D eigenvalue weighted by atomic mass is 16.5. The van der Waals surface area contributed by atoms with E-state index in [1.165, 1.54) is 17.5 Å². The number of terminal acetylenes is 1. The number of nitrogens with one attached hydrogen (secondary N) is 1. The molecule has 2 aromatic rings. The van der Waals surface area contributed by atoms with E-state index in [2.05, 4.69) is 38.3 Å². The zero-order valence-corrected chi connectivity index (χ0v) is 15.2. The largest absolute Gasteiger partial charge is 0.378 e. The Morgan fingerprint density at radius 1 is 1.15 bits per heavy atom. The number of rotatable bonds is 4. The maximum absolute atomic E-state index is 5.54. The molecule has 0 aromatic carbocycles. The van der Waals surface area contributed by atoms with Gasteiger partial charge in [0.2, 0.25) is 0 Å². The number of methoxy groups -OCH3 is 1. The molecule has 26 heavy (non-hydrogen) atoms. The summed E-state index contributed by atoms with van der Waals surface area (Å²) in [5.41, 5.74) is 3.91. The highest BCUT2D eigenvalue weighted by molar-refractivity contribution is 5.63. The summed E-state index contributed by atoms with van der Waals surface area (Å²) in [5.74, 6) is 4.05. The molecule has 2 heterocycles. The van der Waals surface area contributed by atoms with Gasteiger partial charge < -0.3 is 10.1 Å². The quantitative estimate of drug-likeness (QED) is 0.856. The minimum absolute atomic E-state index is 0.0162. The van der Waals surface area contributed by atoms with Crippen molar-refractivity contribution in [2.24, 2.45) is 0 Å². The molecule has 2 aliphatic carbocycles. The summed E-state index contributed by atoms with van der Waals surface area (Å²) in [6, 6.07) is 0.386. The molecule has 2 aromatic heterocycles. The van der Waals surface area contributed by atoms with Crippen LogP contribution in [0, 0.1) is 12.3 Å². The monoisotopic (exact) mass is 349 g/mol. The van der Waals surface area contributed by atoms with Crippen molar-refractivity contribution < 1.29 is 4.74 Å². The summed E-state index contributed by atoms with van der Waals surface area (Å²) < 4.78 is 5.54. The fourth-order valence-electron chi connectivity index (χ4n) is 3.91. The Morgan fingerprint density at radius 3 is 2.50 bits per heavy atom. The molecular formula is C20H23N5O. The fraction of sp³-hybridized carbons (Fsp3) is 0.500. The molecule has 0 spiro atoms. The third-order valence-electron chi connectivity index (χ3n) is 5.51. The standard InChI is InChI=1S/C20H23N5O/c1-4-13-11-21-19(22-12-13)17-15-7-5-6-8-16(15)18(25-24-17)23-14-9-20(2,10-14)26-3/h1,11-12,14H,5-10H2,2-3H3,(H,23,25). The highest BCUT2D eigenvalue weighted by Crippen LogP contribution is 2.38. The minimum Gasteiger partial charge on any atom is -0.378 e. The number of fused-ring (bicyclic) bond motifs is 1. The molecule has 0 atom stereocenters. The number of ether oxygens (including phenoxy) is 1. The summed E-state index contributed by atoms with van der Waals surface area (Å²) in [5, 5.41) is 12.5. The normalized spacial score (nSPS) is 24.3. The first-order valence-corrected chi connectivity index (χ1v) is 9.11. The van der Waals surface area contributed by atoms with Crippen LogP contribution in [0.2, 0.25) is 0 Å². The van der Waals surface area contributed by atoms with E-state index in [1.807, 2.05) is 0 Å². The van der Waals surface area contributed by atoms with Gasteiger partial charge >= 0.3 is 0 Å². The fourth-order valence-corrected chi connectivity index (χ4v) is 3.91. The number of anilines is 1. The molecule has 0 saturated heterocycles. The van der Waals surface area contributed by atoms with Crippen LogP contribution in [0.3, 0.4) is 0 Å². The van der Waals surface area contributed by atoms with E-state index in [1.54, 1.807) is 19.5 Å². The van der Waals surface area contributed by atoms with E-state index in [-0.39, 0.29) is 5.60 Å². The van der Waals surface area contributed by atoms with Crippen LogP contribution in [0.25, 0.3) is 11.5 Å². The maximum atomic E-state index is 5.54. The van der Waals surface area contributed by atoms with Gasteiger partial charge in [-0.2, -0.15) is 0 Å². The number of hydrogen-bond donors (Lipinski definition) is 1. The molecule has 0 unspecified atom stereocenters. The Balaban J connectivity index is 1.63. The molecule has 1 fully saturated rings. The first kappa shape index (κ1) is 16.9. The van der Waals surface area contributed by atoms with Gasteiger partial charge in [0.05, 0.1) is 11.2 Å². The molecule has 1 N–H and O–H groups in total. The van der Waals surface area contributed by atoms with Crippen LogP contribution in [-0.2, 0) is 17.6 Å². The zero-order chi connectivity index (χ0) is 18.1. The smallest absolute Gasteiger partial charge is 0.180 e.